The monoisotopic (exact) mass is 421 g/mol. The van der Waals surface area contributed by atoms with E-state index in [9.17, 15) is 13.2 Å². The third-order valence-corrected chi connectivity index (χ3v) is 8.09. The average Bonchev–Trinajstić information content (AvgIpc) is 2.71. The Morgan fingerprint density at radius 2 is 1.79 bits per heavy atom. The molecule has 7 heteroatoms. The fourth-order valence-electron chi connectivity index (χ4n) is 4.37. The standard InChI is InChI=1S/C22H35N3O3S/c1-18-6-8-21(9-7-18)29(27,28)25-15-10-20(11-16-25)22(26)23-12-4-14-24-13-3-5-19(2)17-24/h6-9,19-20H,3-5,10-17H2,1-2H3,(H,23,26)/t19-/m0/s1. The fourth-order valence-corrected chi connectivity index (χ4v) is 5.84. The quantitative estimate of drug-likeness (QED) is 0.687. The normalized spacial score (nSPS) is 22.5. The second kappa shape index (κ2) is 10.0. The summed E-state index contributed by atoms with van der Waals surface area (Å²) in [5, 5.41) is 3.06. The van der Waals surface area contributed by atoms with Gasteiger partial charge in [0.1, 0.15) is 0 Å². The lowest BCUT2D eigenvalue weighted by molar-refractivity contribution is -0.126. The third kappa shape index (κ3) is 6.03. The minimum Gasteiger partial charge on any atom is -0.356 e. The van der Waals surface area contributed by atoms with E-state index in [1.54, 1.807) is 12.1 Å². The van der Waals surface area contributed by atoms with Crippen molar-refractivity contribution in [3.63, 3.8) is 0 Å². The first-order valence-electron chi connectivity index (χ1n) is 10.9. The van der Waals surface area contributed by atoms with Gasteiger partial charge in [-0.1, -0.05) is 24.6 Å². The summed E-state index contributed by atoms with van der Waals surface area (Å²) in [5.41, 5.74) is 1.04. The predicted octanol–water partition coefficient (Wildman–Crippen LogP) is 2.63. The Hall–Kier alpha value is -1.44. The summed E-state index contributed by atoms with van der Waals surface area (Å²) in [6, 6.07) is 6.95. The van der Waals surface area contributed by atoms with Crippen LogP contribution in [0.3, 0.4) is 0 Å². The van der Waals surface area contributed by atoms with Crippen LogP contribution in [0.15, 0.2) is 29.2 Å². The molecule has 1 atom stereocenters. The molecule has 0 bridgehead atoms. The van der Waals surface area contributed by atoms with Crippen molar-refractivity contribution in [2.75, 3.05) is 39.3 Å². The van der Waals surface area contributed by atoms with Crippen molar-refractivity contribution < 1.29 is 13.2 Å². The van der Waals surface area contributed by atoms with Crippen LogP contribution in [0, 0.1) is 18.8 Å². The molecule has 1 aromatic carbocycles. The number of likely N-dealkylation sites (tertiary alicyclic amines) is 1. The molecule has 2 aliphatic rings. The minimum atomic E-state index is -3.47. The van der Waals surface area contributed by atoms with Crippen LogP contribution in [0.25, 0.3) is 0 Å². The van der Waals surface area contributed by atoms with Crippen molar-refractivity contribution in [3.05, 3.63) is 29.8 Å². The van der Waals surface area contributed by atoms with E-state index in [1.807, 2.05) is 19.1 Å². The van der Waals surface area contributed by atoms with Gasteiger partial charge in [-0.2, -0.15) is 4.31 Å². The number of hydrogen-bond acceptors (Lipinski definition) is 4. The van der Waals surface area contributed by atoms with Crippen LogP contribution < -0.4 is 5.32 Å². The molecule has 2 aliphatic heterocycles. The van der Waals surface area contributed by atoms with Crippen LogP contribution >= 0.6 is 0 Å². The molecule has 2 heterocycles. The van der Waals surface area contributed by atoms with E-state index < -0.39 is 10.0 Å². The van der Waals surface area contributed by atoms with E-state index in [0.717, 1.165) is 24.4 Å². The number of piperidine rings is 2. The van der Waals surface area contributed by atoms with Gasteiger partial charge in [0.2, 0.25) is 15.9 Å². The molecular formula is C22H35N3O3S. The number of sulfonamides is 1. The Kier molecular flexibility index (Phi) is 7.71. The Morgan fingerprint density at radius 1 is 1.10 bits per heavy atom. The summed E-state index contributed by atoms with van der Waals surface area (Å²) in [7, 11) is -3.47. The van der Waals surface area contributed by atoms with Gasteiger partial charge < -0.3 is 10.2 Å². The first kappa shape index (κ1) is 22.2. The molecule has 2 fully saturated rings. The summed E-state index contributed by atoms with van der Waals surface area (Å²) >= 11 is 0. The maximum absolute atomic E-state index is 12.8. The van der Waals surface area contributed by atoms with Gasteiger partial charge >= 0.3 is 0 Å². The lowest BCUT2D eigenvalue weighted by atomic mass is 9.97. The summed E-state index contributed by atoms with van der Waals surface area (Å²) in [6.45, 7) is 9.13. The first-order chi connectivity index (χ1) is 13.9. The highest BCUT2D eigenvalue weighted by molar-refractivity contribution is 7.89. The van der Waals surface area contributed by atoms with Crippen molar-refractivity contribution >= 4 is 15.9 Å². The number of carbonyl (C=O) groups excluding carboxylic acids is 1. The molecule has 6 nitrogen and oxygen atoms in total. The van der Waals surface area contributed by atoms with E-state index in [4.69, 9.17) is 0 Å². The lowest BCUT2D eigenvalue weighted by Gasteiger charge is -2.31. The third-order valence-electron chi connectivity index (χ3n) is 6.17. The lowest BCUT2D eigenvalue weighted by Crippen LogP contribution is -2.43. The SMILES string of the molecule is Cc1ccc(S(=O)(=O)N2CCC(C(=O)NCCCN3CCC[C@H](C)C3)CC2)cc1. The molecular weight excluding hydrogens is 386 g/mol. The first-order valence-corrected chi connectivity index (χ1v) is 12.4. The molecule has 29 heavy (non-hydrogen) atoms. The van der Waals surface area contributed by atoms with Gasteiger partial charge in [0, 0.05) is 32.1 Å². The molecule has 2 saturated heterocycles. The summed E-state index contributed by atoms with van der Waals surface area (Å²) in [5.74, 6) is 0.763. The molecule has 1 N–H and O–H groups in total. The van der Waals surface area contributed by atoms with Crippen molar-refractivity contribution in [3.8, 4) is 0 Å². The fraction of sp³-hybridized carbons (Fsp3) is 0.682. The van der Waals surface area contributed by atoms with Crippen molar-refractivity contribution in [2.24, 2.45) is 11.8 Å². The highest BCUT2D eigenvalue weighted by Gasteiger charge is 2.31. The van der Waals surface area contributed by atoms with Gasteiger partial charge in [-0.25, -0.2) is 8.42 Å². The van der Waals surface area contributed by atoms with Crippen LogP contribution in [0.2, 0.25) is 0 Å². The molecule has 0 unspecified atom stereocenters. The maximum Gasteiger partial charge on any atom is 0.243 e. The smallest absolute Gasteiger partial charge is 0.243 e. The zero-order valence-electron chi connectivity index (χ0n) is 17.8. The zero-order valence-corrected chi connectivity index (χ0v) is 18.6. The summed E-state index contributed by atoms with van der Waals surface area (Å²) in [6.07, 6.45) is 4.74. The molecule has 0 aliphatic carbocycles. The van der Waals surface area contributed by atoms with Crippen molar-refractivity contribution in [2.45, 2.75) is 50.8 Å². The van der Waals surface area contributed by atoms with Gasteiger partial charge in [-0.05, 0) is 70.2 Å². The molecule has 162 valence electrons. The number of nitrogens with zero attached hydrogens (tertiary/aromatic N) is 2. The van der Waals surface area contributed by atoms with E-state index >= 15 is 0 Å². The highest BCUT2D eigenvalue weighted by atomic mass is 32.2. The van der Waals surface area contributed by atoms with Gasteiger partial charge in [0.05, 0.1) is 4.90 Å². The predicted molar refractivity (Wildman–Crippen MR) is 115 cm³/mol. The largest absolute Gasteiger partial charge is 0.356 e. The van der Waals surface area contributed by atoms with Crippen LogP contribution in [-0.4, -0.2) is 62.8 Å². The molecule has 3 rings (SSSR count). The molecule has 0 aromatic heterocycles. The topological polar surface area (TPSA) is 69.7 Å². The minimum absolute atomic E-state index is 0.0735. The number of carbonyl (C=O) groups is 1. The Balaban J connectivity index is 1.39. The number of benzene rings is 1. The molecule has 0 saturated carbocycles. The van der Waals surface area contributed by atoms with Crippen molar-refractivity contribution in [1.29, 1.82) is 0 Å². The Bertz CT molecular complexity index is 771. The van der Waals surface area contributed by atoms with Crippen LogP contribution in [-0.2, 0) is 14.8 Å². The van der Waals surface area contributed by atoms with E-state index in [-0.39, 0.29) is 11.8 Å². The molecule has 0 spiro atoms. The molecule has 0 radical (unpaired) electrons. The van der Waals surface area contributed by atoms with Crippen LogP contribution in [0.1, 0.15) is 44.6 Å². The summed E-state index contributed by atoms with van der Waals surface area (Å²) < 4.78 is 27.1. The van der Waals surface area contributed by atoms with Gasteiger partial charge in [-0.15, -0.1) is 0 Å². The van der Waals surface area contributed by atoms with Crippen molar-refractivity contribution in [1.82, 2.24) is 14.5 Å². The zero-order chi connectivity index (χ0) is 20.9. The second-order valence-corrected chi connectivity index (χ2v) is 10.6. The molecule has 1 amide bonds. The van der Waals surface area contributed by atoms with Gasteiger partial charge in [0.25, 0.3) is 0 Å². The Labute approximate surface area is 175 Å². The number of hydrogen-bond donors (Lipinski definition) is 1. The van der Waals surface area contributed by atoms with Gasteiger partial charge in [-0.3, -0.25) is 4.79 Å². The number of nitrogens with one attached hydrogen (secondary N) is 1. The highest BCUT2D eigenvalue weighted by Crippen LogP contribution is 2.24. The second-order valence-electron chi connectivity index (χ2n) is 8.68. The average molecular weight is 422 g/mol. The molecule has 1 aromatic rings. The van der Waals surface area contributed by atoms with E-state index in [1.165, 1.54) is 30.2 Å². The van der Waals surface area contributed by atoms with E-state index in [2.05, 4.69) is 17.1 Å². The maximum atomic E-state index is 12.8. The van der Waals surface area contributed by atoms with Crippen LogP contribution in [0.4, 0.5) is 0 Å². The van der Waals surface area contributed by atoms with Gasteiger partial charge in [0.15, 0.2) is 0 Å². The number of rotatable bonds is 7. The number of amides is 1. The van der Waals surface area contributed by atoms with Crippen LogP contribution in [0.5, 0.6) is 0 Å². The number of aryl methyl sites for hydroxylation is 1. The van der Waals surface area contributed by atoms with E-state index in [0.29, 0.717) is 37.4 Å². The summed E-state index contributed by atoms with van der Waals surface area (Å²) in [4.78, 5) is 15.3. The Morgan fingerprint density at radius 3 is 2.45 bits per heavy atom.